The summed E-state index contributed by atoms with van der Waals surface area (Å²) in [6.45, 7) is 0. The molecule has 0 spiro atoms. The van der Waals surface area contributed by atoms with Crippen LogP contribution < -0.4 is 11.5 Å². The predicted molar refractivity (Wildman–Crippen MR) is 33.8 cm³/mol. The molecule has 0 aromatic rings. The van der Waals surface area contributed by atoms with Crippen molar-refractivity contribution in [3.63, 3.8) is 0 Å². The van der Waals surface area contributed by atoms with Crippen LogP contribution in [0.5, 0.6) is 0 Å². The molecule has 1 aliphatic rings. The summed E-state index contributed by atoms with van der Waals surface area (Å²) in [5.41, 5.74) is 11.7. The third-order valence-electron chi connectivity index (χ3n) is 1.32. The van der Waals surface area contributed by atoms with Crippen molar-refractivity contribution >= 4 is 0 Å². The van der Waals surface area contributed by atoms with Gasteiger partial charge in [0.1, 0.15) is 5.83 Å². The lowest BCUT2D eigenvalue weighted by atomic mass is 10.1. The first-order chi connectivity index (χ1) is 4.20. The van der Waals surface area contributed by atoms with Gasteiger partial charge in [0, 0.05) is 12.1 Å². The van der Waals surface area contributed by atoms with Gasteiger partial charge in [0.25, 0.3) is 0 Å². The van der Waals surface area contributed by atoms with E-state index in [0.29, 0.717) is 24.2 Å². The van der Waals surface area contributed by atoms with Crippen LogP contribution in [0.1, 0.15) is 12.8 Å². The van der Waals surface area contributed by atoms with Gasteiger partial charge in [-0.3, -0.25) is 0 Å². The average Bonchev–Trinajstić information content (AvgIpc) is 1.80. The molecule has 0 amide bonds. The van der Waals surface area contributed by atoms with Crippen molar-refractivity contribution in [2.24, 2.45) is 11.5 Å². The van der Waals surface area contributed by atoms with E-state index in [-0.39, 0.29) is 5.83 Å². The van der Waals surface area contributed by atoms with E-state index >= 15 is 0 Å². The number of hydrogen-bond acceptors (Lipinski definition) is 2. The van der Waals surface area contributed by atoms with Crippen molar-refractivity contribution < 1.29 is 4.39 Å². The fourth-order valence-corrected chi connectivity index (χ4v) is 0.732. The molecule has 0 heterocycles. The molecule has 0 fully saturated rings. The van der Waals surface area contributed by atoms with Gasteiger partial charge in [0.05, 0.1) is 5.70 Å². The van der Waals surface area contributed by atoms with Gasteiger partial charge in [-0.1, -0.05) is 0 Å². The monoisotopic (exact) mass is 128 g/mol. The molecule has 9 heavy (non-hydrogen) atoms. The molecule has 3 heteroatoms. The van der Waals surface area contributed by atoms with Crippen LogP contribution in [0.3, 0.4) is 0 Å². The summed E-state index contributed by atoms with van der Waals surface area (Å²) in [4.78, 5) is 0. The molecule has 4 N–H and O–H groups in total. The van der Waals surface area contributed by atoms with Crippen molar-refractivity contribution in [1.82, 2.24) is 0 Å². The molecule has 1 rings (SSSR count). The van der Waals surface area contributed by atoms with Crippen molar-refractivity contribution in [2.45, 2.75) is 12.8 Å². The summed E-state index contributed by atoms with van der Waals surface area (Å²) in [6.07, 6.45) is 2.22. The van der Waals surface area contributed by atoms with E-state index in [1.807, 2.05) is 0 Å². The smallest absolute Gasteiger partial charge is 0.102 e. The molecule has 0 aromatic heterocycles. The summed E-state index contributed by atoms with van der Waals surface area (Å²) in [5.74, 6) is -0.179. The number of nitrogens with two attached hydrogens (primary N) is 2. The van der Waals surface area contributed by atoms with Gasteiger partial charge >= 0.3 is 0 Å². The van der Waals surface area contributed by atoms with Gasteiger partial charge in [-0.15, -0.1) is 0 Å². The lowest BCUT2D eigenvalue weighted by Gasteiger charge is -2.08. The first kappa shape index (κ1) is 6.13. The van der Waals surface area contributed by atoms with Crippen LogP contribution in [0.2, 0.25) is 0 Å². The summed E-state index contributed by atoms with van der Waals surface area (Å²) in [6, 6.07) is 0. The Kier molecular flexibility index (Phi) is 1.42. The lowest BCUT2D eigenvalue weighted by Crippen LogP contribution is -2.11. The van der Waals surface area contributed by atoms with E-state index < -0.39 is 0 Å². The van der Waals surface area contributed by atoms with E-state index in [4.69, 9.17) is 11.5 Å². The third kappa shape index (κ3) is 1.22. The zero-order chi connectivity index (χ0) is 6.85. The number of rotatable bonds is 0. The lowest BCUT2D eigenvalue weighted by molar-refractivity contribution is 0.577. The first-order valence-corrected chi connectivity index (χ1v) is 2.80. The molecule has 0 unspecified atom stereocenters. The van der Waals surface area contributed by atoms with E-state index in [2.05, 4.69) is 0 Å². The van der Waals surface area contributed by atoms with E-state index in [9.17, 15) is 4.39 Å². The Labute approximate surface area is 53.0 Å². The van der Waals surface area contributed by atoms with Crippen molar-refractivity contribution in [3.05, 3.63) is 23.3 Å². The quantitative estimate of drug-likeness (QED) is 0.506. The van der Waals surface area contributed by atoms with Crippen LogP contribution in [0.25, 0.3) is 0 Å². The fraction of sp³-hybridized carbons (Fsp3) is 0.333. The second kappa shape index (κ2) is 2.09. The van der Waals surface area contributed by atoms with E-state index in [1.165, 1.54) is 6.08 Å². The Morgan fingerprint density at radius 2 is 2.00 bits per heavy atom. The predicted octanol–water partition coefficient (Wildman–Crippen LogP) is 0.763. The van der Waals surface area contributed by atoms with Crippen molar-refractivity contribution in [3.8, 4) is 0 Å². The van der Waals surface area contributed by atoms with Gasteiger partial charge in [-0.2, -0.15) is 0 Å². The number of halogens is 1. The highest BCUT2D eigenvalue weighted by Crippen LogP contribution is 2.17. The largest absolute Gasteiger partial charge is 0.400 e. The summed E-state index contributed by atoms with van der Waals surface area (Å²) < 4.78 is 12.3. The van der Waals surface area contributed by atoms with Crippen LogP contribution in [-0.4, -0.2) is 0 Å². The Morgan fingerprint density at radius 3 is 2.44 bits per heavy atom. The maximum atomic E-state index is 12.3. The molecule has 50 valence electrons. The standard InChI is InChI=1S/C6H9FN2/c7-4-1-2-5(8)6(9)3-4/h3H,1-2,8-9H2. The zero-order valence-electron chi connectivity index (χ0n) is 5.02. The minimum atomic E-state index is -0.179. The normalized spacial score (nSPS) is 19.9. The molecule has 0 aromatic carbocycles. The number of allylic oxidation sites excluding steroid dienone is 3. The van der Waals surface area contributed by atoms with Gasteiger partial charge in [0.2, 0.25) is 0 Å². The maximum Gasteiger partial charge on any atom is 0.102 e. The van der Waals surface area contributed by atoms with Crippen molar-refractivity contribution in [2.75, 3.05) is 0 Å². The molecule has 0 atom stereocenters. The molecule has 0 aliphatic heterocycles. The zero-order valence-corrected chi connectivity index (χ0v) is 5.02. The molecular formula is C6H9FN2. The van der Waals surface area contributed by atoms with Gasteiger partial charge in [0.15, 0.2) is 0 Å². The molecule has 1 aliphatic carbocycles. The number of hydrogen-bond donors (Lipinski definition) is 2. The second-order valence-electron chi connectivity index (χ2n) is 2.07. The second-order valence-corrected chi connectivity index (χ2v) is 2.07. The molecule has 0 radical (unpaired) electrons. The summed E-state index contributed by atoms with van der Waals surface area (Å²) in [5, 5.41) is 0. The highest BCUT2D eigenvalue weighted by molar-refractivity contribution is 5.26. The fourth-order valence-electron chi connectivity index (χ4n) is 0.732. The van der Waals surface area contributed by atoms with Crippen LogP contribution in [0.4, 0.5) is 4.39 Å². The molecular weight excluding hydrogens is 119 g/mol. The molecule has 2 nitrogen and oxygen atoms in total. The van der Waals surface area contributed by atoms with E-state index in [0.717, 1.165) is 0 Å². The Bertz CT molecular complexity index is 181. The first-order valence-electron chi connectivity index (χ1n) is 2.80. The molecule has 0 saturated heterocycles. The van der Waals surface area contributed by atoms with Crippen LogP contribution in [0.15, 0.2) is 23.3 Å². The molecule has 0 saturated carbocycles. The Morgan fingerprint density at radius 1 is 1.33 bits per heavy atom. The van der Waals surface area contributed by atoms with Gasteiger partial charge < -0.3 is 11.5 Å². The van der Waals surface area contributed by atoms with E-state index in [1.54, 1.807) is 0 Å². The summed E-state index contributed by atoms with van der Waals surface area (Å²) in [7, 11) is 0. The minimum Gasteiger partial charge on any atom is -0.400 e. The van der Waals surface area contributed by atoms with Gasteiger partial charge in [-0.05, 0) is 12.5 Å². The molecule has 0 bridgehead atoms. The van der Waals surface area contributed by atoms with Crippen LogP contribution in [0, 0.1) is 0 Å². The highest BCUT2D eigenvalue weighted by atomic mass is 19.1. The SMILES string of the molecule is NC1=C(N)CCC(F)=C1. The minimum absolute atomic E-state index is 0.179. The topological polar surface area (TPSA) is 52.0 Å². The van der Waals surface area contributed by atoms with Gasteiger partial charge in [-0.25, -0.2) is 4.39 Å². The Balaban J connectivity index is 2.83. The average molecular weight is 128 g/mol. The summed E-state index contributed by atoms with van der Waals surface area (Å²) >= 11 is 0. The van der Waals surface area contributed by atoms with Crippen LogP contribution in [-0.2, 0) is 0 Å². The van der Waals surface area contributed by atoms with Crippen LogP contribution >= 0.6 is 0 Å². The maximum absolute atomic E-state index is 12.3. The third-order valence-corrected chi connectivity index (χ3v) is 1.32. The van der Waals surface area contributed by atoms with Crippen molar-refractivity contribution in [1.29, 1.82) is 0 Å². The highest BCUT2D eigenvalue weighted by Gasteiger charge is 2.06. The Hall–Kier alpha value is -0.990.